The van der Waals surface area contributed by atoms with Gasteiger partial charge < -0.3 is 9.64 Å². The Balaban J connectivity index is 2.00. The van der Waals surface area contributed by atoms with E-state index >= 15 is 0 Å². The van der Waals surface area contributed by atoms with Gasteiger partial charge in [0.1, 0.15) is 0 Å². The van der Waals surface area contributed by atoms with Crippen LogP contribution in [0.1, 0.15) is 31.2 Å². The van der Waals surface area contributed by atoms with E-state index in [1.54, 1.807) is 0 Å². The van der Waals surface area contributed by atoms with Crippen molar-refractivity contribution in [2.24, 2.45) is 0 Å². The number of methoxy groups -OCH3 is 1. The van der Waals surface area contributed by atoms with E-state index < -0.39 is 0 Å². The molecular weight excluding hydrogens is 328 g/mol. The standard InChI is InChI=1S/C18H25ClN2O3/c1-24-18(23)14-20(12-15-6-8-16(19)9-7-15)13-17(22)21-10-4-2-3-5-11-21/h6-9H,2-5,10-14H2,1H3. The summed E-state index contributed by atoms with van der Waals surface area (Å²) >= 11 is 5.91. The van der Waals surface area contributed by atoms with Crippen molar-refractivity contribution >= 4 is 23.5 Å². The monoisotopic (exact) mass is 352 g/mol. The number of likely N-dealkylation sites (tertiary alicyclic amines) is 1. The van der Waals surface area contributed by atoms with Gasteiger partial charge in [0.25, 0.3) is 0 Å². The Bertz CT molecular complexity index is 540. The average Bonchev–Trinajstić information content (AvgIpc) is 2.86. The first-order chi connectivity index (χ1) is 11.6. The van der Waals surface area contributed by atoms with E-state index in [1.807, 2.05) is 34.1 Å². The van der Waals surface area contributed by atoms with Gasteiger partial charge >= 0.3 is 5.97 Å². The minimum Gasteiger partial charge on any atom is -0.468 e. The summed E-state index contributed by atoms with van der Waals surface area (Å²) in [6.45, 7) is 2.44. The lowest BCUT2D eigenvalue weighted by Gasteiger charge is -2.26. The summed E-state index contributed by atoms with van der Waals surface area (Å²) in [7, 11) is 1.36. The lowest BCUT2D eigenvalue weighted by atomic mass is 10.2. The molecule has 6 heteroatoms. The summed E-state index contributed by atoms with van der Waals surface area (Å²) in [4.78, 5) is 28.0. The Hall–Kier alpha value is -1.59. The van der Waals surface area contributed by atoms with Crippen molar-refractivity contribution in [2.75, 3.05) is 33.3 Å². The molecule has 2 rings (SSSR count). The predicted octanol–water partition coefficient (Wildman–Crippen LogP) is 2.72. The zero-order valence-electron chi connectivity index (χ0n) is 14.2. The third-order valence-corrected chi connectivity index (χ3v) is 4.47. The molecule has 1 aliphatic rings. The molecule has 1 saturated heterocycles. The smallest absolute Gasteiger partial charge is 0.319 e. The molecule has 1 amide bonds. The second kappa shape index (κ2) is 9.64. The third kappa shape index (κ3) is 6.13. The molecule has 24 heavy (non-hydrogen) atoms. The number of halogens is 1. The van der Waals surface area contributed by atoms with Gasteiger partial charge in [-0.25, -0.2) is 0 Å². The highest BCUT2D eigenvalue weighted by atomic mass is 35.5. The molecule has 0 N–H and O–H groups in total. The van der Waals surface area contributed by atoms with Gasteiger partial charge in [-0.05, 0) is 30.5 Å². The van der Waals surface area contributed by atoms with Gasteiger partial charge in [-0.1, -0.05) is 36.6 Å². The molecule has 1 aliphatic heterocycles. The van der Waals surface area contributed by atoms with Crippen LogP contribution >= 0.6 is 11.6 Å². The van der Waals surface area contributed by atoms with Crippen LogP contribution in [0.25, 0.3) is 0 Å². The Morgan fingerprint density at radius 3 is 2.29 bits per heavy atom. The number of ether oxygens (including phenoxy) is 1. The van der Waals surface area contributed by atoms with Crippen LogP contribution in [0, 0.1) is 0 Å². The second-order valence-electron chi connectivity index (χ2n) is 6.14. The maximum atomic E-state index is 12.6. The maximum absolute atomic E-state index is 12.6. The van der Waals surface area contributed by atoms with Crippen LogP contribution in [0.2, 0.25) is 5.02 Å². The quantitative estimate of drug-likeness (QED) is 0.739. The fraction of sp³-hybridized carbons (Fsp3) is 0.556. The Kier molecular flexibility index (Phi) is 7.53. The van der Waals surface area contributed by atoms with Crippen LogP contribution in [-0.4, -0.2) is 55.0 Å². The van der Waals surface area contributed by atoms with Gasteiger partial charge in [0, 0.05) is 24.7 Å². The molecule has 0 atom stereocenters. The van der Waals surface area contributed by atoms with Crippen molar-refractivity contribution in [3.8, 4) is 0 Å². The second-order valence-corrected chi connectivity index (χ2v) is 6.58. The van der Waals surface area contributed by atoms with Crippen molar-refractivity contribution in [3.05, 3.63) is 34.9 Å². The SMILES string of the molecule is COC(=O)CN(CC(=O)N1CCCCCC1)Cc1ccc(Cl)cc1. The number of carbonyl (C=O) groups excluding carboxylic acids is 2. The van der Waals surface area contributed by atoms with Gasteiger partial charge in [-0.15, -0.1) is 0 Å². The van der Waals surface area contributed by atoms with Gasteiger partial charge in [-0.2, -0.15) is 0 Å². The molecule has 0 aliphatic carbocycles. The minimum absolute atomic E-state index is 0.0785. The molecule has 1 aromatic rings. The zero-order valence-corrected chi connectivity index (χ0v) is 14.9. The molecular formula is C18H25ClN2O3. The van der Waals surface area contributed by atoms with Crippen LogP contribution in [0.3, 0.4) is 0 Å². The highest BCUT2D eigenvalue weighted by Crippen LogP contribution is 2.13. The lowest BCUT2D eigenvalue weighted by Crippen LogP contribution is -2.42. The van der Waals surface area contributed by atoms with Crippen LogP contribution < -0.4 is 0 Å². The zero-order chi connectivity index (χ0) is 17.4. The molecule has 1 fully saturated rings. The molecule has 0 radical (unpaired) electrons. The molecule has 1 aromatic carbocycles. The summed E-state index contributed by atoms with van der Waals surface area (Å²) in [6.07, 6.45) is 4.47. The van der Waals surface area contributed by atoms with Crippen molar-refractivity contribution < 1.29 is 14.3 Å². The van der Waals surface area contributed by atoms with E-state index in [0.717, 1.165) is 31.5 Å². The number of hydrogen-bond donors (Lipinski definition) is 0. The van der Waals surface area contributed by atoms with E-state index in [1.165, 1.54) is 20.0 Å². The summed E-state index contributed by atoms with van der Waals surface area (Å²) in [5, 5.41) is 0.666. The maximum Gasteiger partial charge on any atom is 0.319 e. The Morgan fingerprint density at radius 1 is 1.08 bits per heavy atom. The molecule has 132 valence electrons. The third-order valence-electron chi connectivity index (χ3n) is 4.22. The van der Waals surface area contributed by atoms with Crippen molar-refractivity contribution in [3.63, 3.8) is 0 Å². The van der Waals surface area contributed by atoms with Crippen LogP contribution in [-0.2, 0) is 20.9 Å². The highest BCUT2D eigenvalue weighted by molar-refractivity contribution is 6.30. The molecule has 0 bridgehead atoms. The molecule has 0 saturated carbocycles. The van der Waals surface area contributed by atoms with Crippen LogP contribution in [0.4, 0.5) is 0 Å². The van der Waals surface area contributed by atoms with Gasteiger partial charge in [0.05, 0.1) is 20.2 Å². The van der Waals surface area contributed by atoms with Crippen molar-refractivity contribution in [1.29, 1.82) is 0 Å². The van der Waals surface area contributed by atoms with Gasteiger partial charge in [-0.3, -0.25) is 14.5 Å². The normalized spacial score (nSPS) is 15.2. The molecule has 1 heterocycles. The number of amides is 1. The number of rotatable bonds is 6. The summed E-state index contributed by atoms with van der Waals surface area (Å²) < 4.78 is 4.76. The number of esters is 1. The molecule has 0 aromatic heterocycles. The largest absolute Gasteiger partial charge is 0.468 e. The van der Waals surface area contributed by atoms with E-state index in [2.05, 4.69) is 0 Å². The topological polar surface area (TPSA) is 49.9 Å². The Labute approximate surface area is 148 Å². The number of hydrogen-bond acceptors (Lipinski definition) is 4. The first-order valence-corrected chi connectivity index (χ1v) is 8.77. The Morgan fingerprint density at radius 2 is 1.71 bits per heavy atom. The highest BCUT2D eigenvalue weighted by Gasteiger charge is 2.20. The number of carbonyl (C=O) groups is 2. The summed E-state index contributed by atoms with van der Waals surface area (Å²) in [5.41, 5.74) is 1.01. The number of benzene rings is 1. The van der Waals surface area contributed by atoms with Crippen molar-refractivity contribution in [1.82, 2.24) is 9.80 Å². The van der Waals surface area contributed by atoms with Crippen molar-refractivity contribution in [2.45, 2.75) is 32.2 Å². The minimum atomic E-state index is -0.340. The molecule has 5 nitrogen and oxygen atoms in total. The molecule has 0 spiro atoms. The van der Waals surface area contributed by atoms with E-state index in [0.29, 0.717) is 11.6 Å². The van der Waals surface area contributed by atoms with E-state index in [4.69, 9.17) is 16.3 Å². The summed E-state index contributed by atoms with van der Waals surface area (Å²) in [6, 6.07) is 7.43. The van der Waals surface area contributed by atoms with Crippen LogP contribution in [0.15, 0.2) is 24.3 Å². The van der Waals surface area contributed by atoms with Crippen LogP contribution in [0.5, 0.6) is 0 Å². The van der Waals surface area contributed by atoms with E-state index in [9.17, 15) is 9.59 Å². The fourth-order valence-electron chi connectivity index (χ4n) is 2.87. The predicted molar refractivity (Wildman–Crippen MR) is 93.8 cm³/mol. The summed E-state index contributed by atoms with van der Waals surface area (Å²) in [5.74, 6) is -0.262. The molecule has 0 unspecified atom stereocenters. The first-order valence-electron chi connectivity index (χ1n) is 8.40. The fourth-order valence-corrected chi connectivity index (χ4v) is 3.00. The number of nitrogens with zero attached hydrogens (tertiary/aromatic N) is 2. The average molecular weight is 353 g/mol. The van der Waals surface area contributed by atoms with E-state index in [-0.39, 0.29) is 25.0 Å². The lowest BCUT2D eigenvalue weighted by molar-refractivity contribution is -0.143. The van der Waals surface area contributed by atoms with Gasteiger partial charge in [0.15, 0.2) is 0 Å². The van der Waals surface area contributed by atoms with Gasteiger partial charge in [0.2, 0.25) is 5.91 Å². The first kappa shape index (κ1) is 18.7.